The number of carbonyl (C=O) groups excluding carboxylic acids is 1. The van der Waals surface area contributed by atoms with Crippen LogP contribution < -0.4 is 0 Å². The Morgan fingerprint density at radius 2 is 1.25 bits per heavy atom. The van der Waals surface area contributed by atoms with E-state index in [1.54, 1.807) is 6.92 Å². The zero-order chi connectivity index (χ0) is 16.2. The maximum absolute atomic E-state index is 9.44. The summed E-state index contributed by atoms with van der Waals surface area (Å²) in [7, 11) is 0. The molecule has 2 heteroatoms. The van der Waals surface area contributed by atoms with E-state index in [2.05, 4.69) is 32.9 Å². The lowest BCUT2D eigenvalue weighted by Crippen LogP contribution is -1.69. The molecule has 118 valence electrons. The van der Waals surface area contributed by atoms with Crippen LogP contribution in [0, 0.1) is 6.92 Å². The molecule has 0 bridgehead atoms. The number of carbonyl (C=O) groups is 1. The Morgan fingerprint density at radius 1 is 0.950 bits per heavy atom. The molecule has 0 spiro atoms. The van der Waals surface area contributed by atoms with Crippen LogP contribution >= 0.6 is 0 Å². The molecule has 0 aromatic heterocycles. The van der Waals surface area contributed by atoms with E-state index in [0.717, 1.165) is 0 Å². The Labute approximate surface area is 126 Å². The quantitative estimate of drug-likeness (QED) is 0.776. The molecular formula is C18H34O2. The summed E-state index contributed by atoms with van der Waals surface area (Å²) >= 11 is 0. The number of aliphatic hydroxyl groups is 1. The molecule has 0 atom stereocenters. The van der Waals surface area contributed by atoms with Gasteiger partial charge in [0.15, 0.2) is 0 Å². The highest BCUT2D eigenvalue weighted by atomic mass is 16.2. The second-order valence-electron chi connectivity index (χ2n) is 4.59. The third kappa shape index (κ3) is 43.6. The molecule has 0 fully saturated rings. The van der Waals surface area contributed by atoms with Crippen LogP contribution in [0.1, 0.15) is 65.9 Å². The minimum absolute atomic E-state index is 0.167. The van der Waals surface area contributed by atoms with Crippen molar-refractivity contribution in [2.24, 2.45) is 0 Å². The number of rotatable bonds is 3. The molecule has 2 nitrogen and oxygen atoms in total. The maximum Gasteiger partial charge on any atom is 0.126 e. The Hall–Kier alpha value is -1.15. The highest BCUT2D eigenvalue weighted by Crippen LogP contribution is 1.95. The van der Waals surface area contributed by atoms with E-state index in [1.165, 1.54) is 45.1 Å². The molecule has 1 aromatic rings. The first-order chi connectivity index (χ1) is 9.45. The van der Waals surface area contributed by atoms with E-state index in [4.69, 9.17) is 5.11 Å². The second-order valence-corrected chi connectivity index (χ2v) is 4.59. The van der Waals surface area contributed by atoms with Crippen molar-refractivity contribution in [3.8, 4) is 0 Å². The molecule has 0 aliphatic rings. The van der Waals surface area contributed by atoms with E-state index >= 15 is 0 Å². The molecule has 0 heterocycles. The van der Waals surface area contributed by atoms with Gasteiger partial charge >= 0.3 is 0 Å². The van der Waals surface area contributed by atoms with E-state index in [0.29, 0.717) is 0 Å². The van der Waals surface area contributed by atoms with Crippen LogP contribution in [0.4, 0.5) is 0 Å². The largest absolute Gasteiger partial charge is 0.397 e. The van der Waals surface area contributed by atoms with Crippen LogP contribution in [0.25, 0.3) is 0 Å². The molecule has 0 unspecified atom stereocenters. The fourth-order valence-corrected chi connectivity index (χ4v) is 1.03. The first kappa shape index (κ1) is 23.9. The summed E-state index contributed by atoms with van der Waals surface area (Å²) in [5.41, 5.74) is 1.32. The SMILES string of the molecule is CC(C)=O.CCCCCC.CCO.Cc1ccccc1. The van der Waals surface area contributed by atoms with Gasteiger partial charge in [-0.05, 0) is 27.7 Å². The van der Waals surface area contributed by atoms with Crippen molar-refractivity contribution < 1.29 is 9.90 Å². The van der Waals surface area contributed by atoms with Gasteiger partial charge in [0.2, 0.25) is 0 Å². The highest BCUT2D eigenvalue weighted by molar-refractivity contribution is 5.72. The van der Waals surface area contributed by atoms with Crippen molar-refractivity contribution in [2.75, 3.05) is 6.61 Å². The van der Waals surface area contributed by atoms with E-state index < -0.39 is 0 Å². The Bertz CT molecular complexity index is 260. The van der Waals surface area contributed by atoms with Crippen LogP contribution in [-0.2, 0) is 4.79 Å². The third-order valence-corrected chi connectivity index (χ3v) is 1.90. The Morgan fingerprint density at radius 3 is 1.40 bits per heavy atom. The molecule has 1 N–H and O–H groups in total. The van der Waals surface area contributed by atoms with Crippen LogP contribution in [-0.4, -0.2) is 17.5 Å². The number of benzene rings is 1. The zero-order valence-corrected chi connectivity index (χ0v) is 14.3. The van der Waals surface area contributed by atoms with Crippen molar-refractivity contribution in [3.63, 3.8) is 0 Å². The fourth-order valence-electron chi connectivity index (χ4n) is 1.03. The van der Waals surface area contributed by atoms with Gasteiger partial charge in [0.1, 0.15) is 5.78 Å². The van der Waals surface area contributed by atoms with Crippen molar-refractivity contribution in [1.82, 2.24) is 0 Å². The summed E-state index contributed by atoms with van der Waals surface area (Å²) in [6, 6.07) is 10.3. The number of unbranched alkanes of at least 4 members (excludes halogenated alkanes) is 3. The lowest BCUT2D eigenvalue weighted by atomic mass is 10.2. The molecule has 0 aliphatic heterocycles. The standard InChI is InChI=1S/C7H8.C6H14.C3H6O.C2H6O/c1-7-5-3-2-4-6-7;1-3-5-6-4-2;1-3(2)4;1-2-3/h2-6H,1H3;3-6H2,1-2H3;1-2H3;3H,2H2,1H3. The average molecular weight is 282 g/mol. The van der Waals surface area contributed by atoms with Crippen LogP contribution in [0.15, 0.2) is 30.3 Å². The van der Waals surface area contributed by atoms with Gasteiger partial charge in [0.25, 0.3) is 0 Å². The smallest absolute Gasteiger partial charge is 0.126 e. The molecule has 1 rings (SSSR count). The van der Waals surface area contributed by atoms with Crippen LogP contribution in [0.5, 0.6) is 0 Å². The monoisotopic (exact) mass is 282 g/mol. The molecule has 0 saturated heterocycles. The Kier molecular flexibility index (Phi) is 27.5. The molecule has 0 radical (unpaired) electrons. The van der Waals surface area contributed by atoms with E-state index in [-0.39, 0.29) is 12.4 Å². The second kappa shape index (κ2) is 23.0. The molecule has 20 heavy (non-hydrogen) atoms. The summed E-state index contributed by atoms with van der Waals surface area (Å²) in [6.45, 7) is 11.5. The van der Waals surface area contributed by atoms with Crippen molar-refractivity contribution in [2.45, 2.75) is 67.2 Å². The molecular weight excluding hydrogens is 248 g/mol. The van der Waals surface area contributed by atoms with Gasteiger partial charge in [-0.1, -0.05) is 75.4 Å². The van der Waals surface area contributed by atoms with Crippen molar-refractivity contribution in [3.05, 3.63) is 35.9 Å². The van der Waals surface area contributed by atoms with Gasteiger partial charge in [-0.25, -0.2) is 0 Å². The number of ketones is 1. The first-order valence-electron chi connectivity index (χ1n) is 7.55. The van der Waals surface area contributed by atoms with Gasteiger partial charge in [0.05, 0.1) is 0 Å². The van der Waals surface area contributed by atoms with Crippen LogP contribution in [0.2, 0.25) is 0 Å². The molecule has 1 aromatic carbocycles. The van der Waals surface area contributed by atoms with Gasteiger partial charge in [0, 0.05) is 6.61 Å². The van der Waals surface area contributed by atoms with E-state index in [1.807, 2.05) is 18.2 Å². The summed E-state index contributed by atoms with van der Waals surface area (Å²) in [6.07, 6.45) is 5.54. The average Bonchev–Trinajstić information content (AvgIpc) is 2.38. The number of hydrogen-bond donors (Lipinski definition) is 1. The van der Waals surface area contributed by atoms with Gasteiger partial charge in [-0.2, -0.15) is 0 Å². The van der Waals surface area contributed by atoms with Gasteiger partial charge in [-0.15, -0.1) is 0 Å². The van der Waals surface area contributed by atoms with Crippen molar-refractivity contribution >= 4 is 5.78 Å². The topological polar surface area (TPSA) is 37.3 Å². The minimum Gasteiger partial charge on any atom is -0.397 e. The number of hydrogen-bond acceptors (Lipinski definition) is 2. The summed E-state index contributed by atoms with van der Waals surface area (Å²) < 4.78 is 0. The molecule has 0 aliphatic carbocycles. The minimum atomic E-state index is 0.167. The predicted molar refractivity (Wildman–Crippen MR) is 90.1 cm³/mol. The van der Waals surface area contributed by atoms with Crippen molar-refractivity contribution in [1.29, 1.82) is 0 Å². The van der Waals surface area contributed by atoms with Gasteiger partial charge in [-0.3, -0.25) is 0 Å². The lowest BCUT2D eigenvalue weighted by Gasteiger charge is -1.86. The summed E-state index contributed by atoms with van der Waals surface area (Å²) in [5, 5.41) is 7.57. The zero-order valence-electron chi connectivity index (χ0n) is 14.3. The normalized spacial score (nSPS) is 7.95. The Balaban J connectivity index is -0.000000204. The third-order valence-electron chi connectivity index (χ3n) is 1.90. The maximum atomic E-state index is 9.44. The molecule has 0 amide bonds. The predicted octanol–water partition coefficient (Wildman–Crippen LogP) is 5.18. The summed E-state index contributed by atoms with van der Waals surface area (Å²) in [4.78, 5) is 9.44. The highest BCUT2D eigenvalue weighted by Gasteiger charge is 1.75. The molecule has 0 saturated carbocycles. The van der Waals surface area contributed by atoms with Crippen LogP contribution in [0.3, 0.4) is 0 Å². The van der Waals surface area contributed by atoms with Gasteiger partial charge < -0.3 is 9.90 Å². The number of aryl methyl sites for hydroxylation is 1. The summed E-state index contributed by atoms with van der Waals surface area (Å²) in [5.74, 6) is 0.167. The fraction of sp³-hybridized carbons (Fsp3) is 0.611. The first-order valence-corrected chi connectivity index (χ1v) is 7.55. The van der Waals surface area contributed by atoms with E-state index in [9.17, 15) is 4.79 Å². The lowest BCUT2D eigenvalue weighted by molar-refractivity contribution is -0.114. The number of Topliss-reactive ketones (excluding diaryl/α,β-unsaturated/α-hetero) is 1. The number of aliphatic hydroxyl groups excluding tert-OH is 1.